The number of benzene rings is 3. The standard InChI is InChI=1S/C29H30N2O3S/c1-3-4-19-34-25-16-15-23(20-26(25)33-2)21-27-28(32)31(18-17-22-11-7-5-8-12-22)29(35-27)30-24-13-9-6-10-14-24/h5-16,20-21H,3-4,17-19H2,1-2H3/b27-21+,30-29?. The molecular formula is C29H30N2O3S. The first-order valence-corrected chi connectivity index (χ1v) is 12.7. The quantitative estimate of drug-likeness (QED) is 0.236. The summed E-state index contributed by atoms with van der Waals surface area (Å²) in [6.45, 7) is 3.34. The Morgan fingerprint density at radius 2 is 1.71 bits per heavy atom. The predicted molar refractivity (Wildman–Crippen MR) is 144 cm³/mol. The summed E-state index contributed by atoms with van der Waals surface area (Å²) >= 11 is 1.40. The van der Waals surface area contributed by atoms with Gasteiger partial charge in [-0.05, 0) is 66.1 Å². The number of para-hydroxylation sites is 1. The van der Waals surface area contributed by atoms with E-state index in [2.05, 4.69) is 19.1 Å². The van der Waals surface area contributed by atoms with Crippen LogP contribution in [0.4, 0.5) is 5.69 Å². The fourth-order valence-corrected chi connectivity index (χ4v) is 4.68. The number of nitrogens with zero attached hydrogens (tertiary/aromatic N) is 2. The lowest BCUT2D eigenvalue weighted by Gasteiger charge is -2.15. The third-order valence-electron chi connectivity index (χ3n) is 5.58. The zero-order valence-corrected chi connectivity index (χ0v) is 21.0. The Morgan fingerprint density at radius 1 is 0.971 bits per heavy atom. The second-order valence-electron chi connectivity index (χ2n) is 8.15. The van der Waals surface area contributed by atoms with Crippen LogP contribution in [-0.2, 0) is 11.2 Å². The first-order valence-electron chi connectivity index (χ1n) is 11.9. The van der Waals surface area contributed by atoms with Gasteiger partial charge in [0.15, 0.2) is 16.7 Å². The minimum absolute atomic E-state index is 0.0390. The van der Waals surface area contributed by atoms with Gasteiger partial charge in [-0.25, -0.2) is 4.99 Å². The van der Waals surface area contributed by atoms with E-state index >= 15 is 0 Å². The average Bonchev–Trinajstić information content (AvgIpc) is 3.18. The van der Waals surface area contributed by atoms with Crippen LogP contribution in [0, 0.1) is 0 Å². The normalized spacial score (nSPS) is 15.7. The van der Waals surface area contributed by atoms with Gasteiger partial charge in [0, 0.05) is 6.54 Å². The first-order chi connectivity index (χ1) is 17.2. The van der Waals surface area contributed by atoms with Gasteiger partial charge in [-0.3, -0.25) is 9.69 Å². The summed E-state index contributed by atoms with van der Waals surface area (Å²) in [4.78, 5) is 20.6. The van der Waals surface area contributed by atoms with Gasteiger partial charge in [-0.15, -0.1) is 0 Å². The Hall–Kier alpha value is -3.51. The van der Waals surface area contributed by atoms with E-state index in [9.17, 15) is 4.79 Å². The molecule has 5 nitrogen and oxygen atoms in total. The van der Waals surface area contributed by atoms with Crippen LogP contribution in [0.3, 0.4) is 0 Å². The van der Waals surface area contributed by atoms with Crippen LogP contribution in [0.5, 0.6) is 11.5 Å². The van der Waals surface area contributed by atoms with Crippen molar-refractivity contribution in [1.82, 2.24) is 4.90 Å². The van der Waals surface area contributed by atoms with E-state index in [1.807, 2.05) is 72.8 Å². The lowest BCUT2D eigenvalue weighted by atomic mass is 10.1. The number of carbonyl (C=O) groups excluding carboxylic acids is 1. The van der Waals surface area contributed by atoms with Crippen molar-refractivity contribution >= 4 is 34.6 Å². The summed E-state index contributed by atoms with van der Waals surface area (Å²) in [6, 6.07) is 25.7. The number of rotatable bonds is 10. The third kappa shape index (κ3) is 6.55. The van der Waals surface area contributed by atoms with Crippen molar-refractivity contribution in [2.75, 3.05) is 20.3 Å². The summed E-state index contributed by atoms with van der Waals surface area (Å²) in [7, 11) is 1.63. The number of thioether (sulfide) groups is 1. The van der Waals surface area contributed by atoms with Gasteiger partial charge in [0.2, 0.25) is 0 Å². The van der Waals surface area contributed by atoms with Gasteiger partial charge in [0.25, 0.3) is 5.91 Å². The van der Waals surface area contributed by atoms with Crippen molar-refractivity contribution < 1.29 is 14.3 Å². The SMILES string of the molecule is CCCCOc1ccc(/C=C2/SC(=Nc3ccccc3)N(CCc3ccccc3)C2=O)cc1OC. The highest BCUT2D eigenvalue weighted by Gasteiger charge is 2.33. The number of aliphatic imine (C=N–C) groups is 1. The van der Waals surface area contributed by atoms with Crippen molar-refractivity contribution in [2.45, 2.75) is 26.2 Å². The summed E-state index contributed by atoms with van der Waals surface area (Å²) in [5.41, 5.74) is 2.89. The lowest BCUT2D eigenvalue weighted by molar-refractivity contribution is -0.122. The molecule has 0 aliphatic carbocycles. The number of hydrogen-bond donors (Lipinski definition) is 0. The Bertz CT molecular complexity index is 1190. The Labute approximate surface area is 211 Å². The number of carbonyl (C=O) groups is 1. The molecule has 0 N–H and O–H groups in total. The lowest BCUT2D eigenvalue weighted by Crippen LogP contribution is -2.31. The molecule has 1 heterocycles. The fraction of sp³-hybridized carbons (Fsp3) is 0.241. The second-order valence-corrected chi connectivity index (χ2v) is 9.15. The molecule has 1 amide bonds. The van der Waals surface area contributed by atoms with E-state index in [1.54, 1.807) is 12.0 Å². The maximum atomic E-state index is 13.4. The number of unbranched alkanes of at least 4 members (excludes halogenated alkanes) is 1. The predicted octanol–water partition coefficient (Wildman–Crippen LogP) is 6.72. The molecule has 0 radical (unpaired) electrons. The van der Waals surface area contributed by atoms with E-state index in [-0.39, 0.29) is 5.91 Å². The third-order valence-corrected chi connectivity index (χ3v) is 6.58. The van der Waals surface area contributed by atoms with Crippen molar-refractivity contribution in [3.05, 3.63) is 94.9 Å². The highest BCUT2D eigenvalue weighted by molar-refractivity contribution is 8.18. The molecule has 1 saturated heterocycles. The van der Waals surface area contributed by atoms with Crippen molar-refractivity contribution in [1.29, 1.82) is 0 Å². The summed E-state index contributed by atoms with van der Waals surface area (Å²) in [6.07, 6.45) is 4.71. The van der Waals surface area contributed by atoms with Gasteiger partial charge in [0.1, 0.15) is 0 Å². The van der Waals surface area contributed by atoms with E-state index < -0.39 is 0 Å². The molecule has 180 valence electrons. The van der Waals surface area contributed by atoms with Crippen LogP contribution in [0.25, 0.3) is 6.08 Å². The molecule has 4 rings (SSSR count). The van der Waals surface area contributed by atoms with Crippen molar-refractivity contribution in [2.24, 2.45) is 4.99 Å². The van der Waals surface area contributed by atoms with E-state index in [0.29, 0.717) is 34.7 Å². The zero-order valence-electron chi connectivity index (χ0n) is 20.1. The number of amidine groups is 1. The molecule has 3 aromatic carbocycles. The molecule has 0 unspecified atom stereocenters. The summed E-state index contributed by atoms with van der Waals surface area (Å²) < 4.78 is 11.4. The fourth-order valence-electron chi connectivity index (χ4n) is 3.66. The second kappa shape index (κ2) is 12.3. The minimum Gasteiger partial charge on any atom is -0.493 e. The highest BCUT2D eigenvalue weighted by atomic mass is 32.2. The van der Waals surface area contributed by atoms with Crippen LogP contribution in [-0.4, -0.2) is 36.2 Å². The first kappa shape index (κ1) is 24.6. The van der Waals surface area contributed by atoms with E-state index in [0.717, 1.165) is 30.5 Å². The minimum atomic E-state index is -0.0390. The van der Waals surface area contributed by atoms with Crippen LogP contribution >= 0.6 is 11.8 Å². The highest BCUT2D eigenvalue weighted by Crippen LogP contribution is 2.36. The molecule has 0 saturated carbocycles. The average molecular weight is 487 g/mol. The maximum absolute atomic E-state index is 13.4. The molecule has 0 atom stereocenters. The molecular weight excluding hydrogens is 456 g/mol. The zero-order chi connectivity index (χ0) is 24.5. The monoisotopic (exact) mass is 486 g/mol. The van der Waals surface area contributed by atoms with E-state index in [4.69, 9.17) is 14.5 Å². The smallest absolute Gasteiger partial charge is 0.266 e. The number of hydrogen-bond acceptors (Lipinski definition) is 5. The molecule has 6 heteroatoms. The molecule has 0 bridgehead atoms. The molecule has 1 fully saturated rings. The molecule has 0 aromatic heterocycles. The van der Waals surface area contributed by atoms with Gasteiger partial charge < -0.3 is 9.47 Å². The van der Waals surface area contributed by atoms with Gasteiger partial charge in [-0.2, -0.15) is 0 Å². The Morgan fingerprint density at radius 3 is 2.43 bits per heavy atom. The topological polar surface area (TPSA) is 51.1 Å². The molecule has 1 aliphatic rings. The van der Waals surface area contributed by atoms with Crippen LogP contribution in [0.15, 0.2) is 88.8 Å². The number of methoxy groups -OCH3 is 1. The van der Waals surface area contributed by atoms with Gasteiger partial charge in [0.05, 0.1) is 24.3 Å². The summed E-state index contributed by atoms with van der Waals surface area (Å²) in [5.74, 6) is 1.33. The molecule has 0 spiro atoms. The van der Waals surface area contributed by atoms with Crippen LogP contribution < -0.4 is 9.47 Å². The van der Waals surface area contributed by atoms with Crippen molar-refractivity contribution in [3.8, 4) is 11.5 Å². The number of ether oxygens (including phenoxy) is 2. The van der Waals surface area contributed by atoms with Crippen LogP contribution in [0.2, 0.25) is 0 Å². The molecule has 1 aliphatic heterocycles. The van der Waals surface area contributed by atoms with Gasteiger partial charge >= 0.3 is 0 Å². The largest absolute Gasteiger partial charge is 0.493 e. The van der Waals surface area contributed by atoms with Crippen LogP contribution in [0.1, 0.15) is 30.9 Å². The number of amides is 1. The Kier molecular flexibility index (Phi) is 8.63. The van der Waals surface area contributed by atoms with E-state index in [1.165, 1.54) is 17.3 Å². The maximum Gasteiger partial charge on any atom is 0.266 e. The Balaban J connectivity index is 1.59. The van der Waals surface area contributed by atoms with Crippen molar-refractivity contribution in [3.63, 3.8) is 0 Å². The molecule has 35 heavy (non-hydrogen) atoms. The molecule has 3 aromatic rings. The van der Waals surface area contributed by atoms with Gasteiger partial charge in [-0.1, -0.05) is 67.9 Å². The summed E-state index contributed by atoms with van der Waals surface area (Å²) in [5, 5.41) is 0.690.